The highest BCUT2D eigenvalue weighted by Gasteiger charge is 2.18. The average molecular weight is 280 g/mol. The minimum absolute atomic E-state index is 0.0143. The quantitative estimate of drug-likeness (QED) is 0.843. The van der Waals surface area contributed by atoms with E-state index < -0.39 is 5.91 Å². The lowest BCUT2D eigenvalue weighted by Gasteiger charge is -2.18. The second-order valence-electron chi connectivity index (χ2n) is 4.77. The summed E-state index contributed by atoms with van der Waals surface area (Å²) in [6.45, 7) is 3.62. The highest BCUT2D eigenvalue weighted by atomic mass is 16.5. The molecule has 0 unspecified atom stereocenters. The van der Waals surface area contributed by atoms with Crippen molar-refractivity contribution in [2.24, 2.45) is 0 Å². The molecule has 0 aliphatic heterocycles. The molecule has 0 atom stereocenters. The SMILES string of the molecule is COc1ccc(C(=O)N(C)CC(=O)NC(C)C)c(O)c1. The number of phenols is 1. The number of benzene rings is 1. The Bertz CT molecular complexity index is 500. The van der Waals surface area contributed by atoms with Gasteiger partial charge in [-0.25, -0.2) is 0 Å². The summed E-state index contributed by atoms with van der Waals surface area (Å²) in [5.41, 5.74) is 0.130. The van der Waals surface area contributed by atoms with E-state index in [0.717, 1.165) is 0 Å². The molecular weight excluding hydrogens is 260 g/mol. The van der Waals surface area contributed by atoms with Gasteiger partial charge in [0.2, 0.25) is 5.91 Å². The molecule has 0 spiro atoms. The minimum atomic E-state index is -0.427. The fraction of sp³-hybridized carbons (Fsp3) is 0.429. The van der Waals surface area contributed by atoms with Crippen LogP contribution in [0.3, 0.4) is 0 Å². The monoisotopic (exact) mass is 280 g/mol. The number of aromatic hydroxyl groups is 1. The van der Waals surface area contributed by atoms with Gasteiger partial charge in [-0.3, -0.25) is 9.59 Å². The molecule has 110 valence electrons. The molecule has 2 N–H and O–H groups in total. The Hall–Kier alpha value is -2.24. The number of rotatable bonds is 5. The molecule has 0 heterocycles. The third-order valence-electron chi connectivity index (χ3n) is 2.61. The Morgan fingerprint density at radius 1 is 1.40 bits per heavy atom. The number of methoxy groups -OCH3 is 1. The van der Waals surface area contributed by atoms with Crippen molar-refractivity contribution in [2.75, 3.05) is 20.7 Å². The van der Waals surface area contributed by atoms with Gasteiger partial charge in [-0.15, -0.1) is 0 Å². The van der Waals surface area contributed by atoms with E-state index in [1.807, 2.05) is 13.8 Å². The smallest absolute Gasteiger partial charge is 0.257 e. The second kappa shape index (κ2) is 6.79. The van der Waals surface area contributed by atoms with Crippen LogP contribution in [-0.4, -0.2) is 48.6 Å². The zero-order chi connectivity index (χ0) is 15.3. The van der Waals surface area contributed by atoms with Gasteiger partial charge in [-0.2, -0.15) is 0 Å². The van der Waals surface area contributed by atoms with Crippen molar-refractivity contribution >= 4 is 11.8 Å². The standard InChI is InChI=1S/C14H20N2O4/c1-9(2)15-13(18)8-16(3)14(19)11-6-5-10(20-4)7-12(11)17/h5-7,9,17H,8H2,1-4H3,(H,15,18). The molecule has 1 rings (SSSR count). The van der Waals surface area contributed by atoms with Crippen molar-refractivity contribution in [1.82, 2.24) is 10.2 Å². The fourth-order valence-corrected chi connectivity index (χ4v) is 1.68. The first-order chi connectivity index (χ1) is 9.35. The molecule has 1 aromatic rings. The summed E-state index contributed by atoms with van der Waals surface area (Å²) in [4.78, 5) is 25.0. The largest absolute Gasteiger partial charge is 0.507 e. The molecule has 0 saturated carbocycles. The fourth-order valence-electron chi connectivity index (χ4n) is 1.68. The van der Waals surface area contributed by atoms with E-state index >= 15 is 0 Å². The number of carbonyl (C=O) groups excluding carboxylic acids is 2. The van der Waals surface area contributed by atoms with Crippen LogP contribution < -0.4 is 10.1 Å². The van der Waals surface area contributed by atoms with E-state index in [1.54, 1.807) is 6.07 Å². The summed E-state index contributed by atoms with van der Waals surface area (Å²) < 4.78 is 4.95. The number of hydrogen-bond acceptors (Lipinski definition) is 4. The predicted molar refractivity (Wildman–Crippen MR) is 74.9 cm³/mol. The number of hydrogen-bond donors (Lipinski definition) is 2. The molecule has 20 heavy (non-hydrogen) atoms. The van der Waals surface area contributed by atoms with Gasteiger partial charge >= 0.3 is 0 Å². The Morgan fingerprint density at radius 2 is 2.05 bits per heavy atom. The minimum Gasteiger partial charge on any atom is -0.507 e. The zero-order valence-corrected chi connectivity index (χ0v) is 12.1. The van der Waals surface area contributed by atoms with Crippen molar-refractivity contribution in [3.05, 3.63) is 23.8 Å². The summed E-state index contributed by atoms with van der Waals surface area (Å²) >= 11 is 0. The van der Waals surface area contributed by atoms with Crippen LogP contribution >= 0.6 is 0 Å². The number of nitrogens with one attached hydrogen (secondary N) is 1. The molecule has 6 heteroatoms. The van der Waals surface area contributed by atoms with E-state index in [0.29, 0.717) is 5.75 Å². The first-order valence-electron chi connectivity index (χ1n) is 6.27. The lowest BCUT2D eigenvalue weighted by Crippen LogP contribution is -2.40. The first-order valence-corrected chi connectivity index (χ1v) is 6.27. The van der Waals surface area contributed by atoms with Crippen LogP contribution in [0.5, 0.6) is 11.5 Å². The van der Waals surface area contributed by atoms with Gasteiger partial charge < -0.3 is 20.1 Å². The summed E-state index contributed by atoms with van der Waals surface area (Å²) in [5.74, 6) is -0.391. The van der Waals surface area contributed by atoms with Crippen molar-refractivity contribution in [1.29, 1.82) is 0 Å². The zero-order valence-electron chi connectivity index (χ0n) is 12.1. The van der Waals surface area contributed by atoms with Gasteiger partial charge in [-0.1, -0.05) is 0 Å². The second-order valence-corrected chi connectivity index (χ2v) is 4.77. The lowest BCUT2D eigenvalue weighted by atomic mass is 10.1. The van der Waals surface area contributed by atoms with Crippen LogP contribution in [0, 0.1) is 0 Å². The average Bonchev–Trinajstić information content (AvgIpc) is 2.36. The maximum Gasteiger partial charge on any atom is 0.257 e. The predicted octanol–water partition coefficient (Wildman–Crippen LogP) is 0.997. The molecule has 6 nitrogen and oxygen atoms in total. The van der Waals surface area contributed by atoms with Gasteiger partial charge in [0.15, 0.2) is 0 Å². The first kappa shape index (κ1) is 15.8. The molecule has 0 bridgehead atoms. The van der Waals surface area contributed by atoms with Crippen molar-refractivity contribution in [3.63, 3.8) is 0 Å². The van der Waals surface area contributed by atoms with E-state index in [2.05, 4.69) is 5.32 Å². The Labute approximate surface area is 118 Å². The molecule has 2 amide bonds. The lowest BCUT2D eigenvalue weighted by molar-refractivity contribution is -0.122. The third kappa shape index (κ3) is 4.15. The third-order valence-corrected chi connectivity index (χ3v) is 2.61. The summed E-state index contributed by atoms with van der Waals surface area (Å²) in [7, 11) is 2.98. The van der Waals surface area contributed by atoms with Gasteiger partial charge in [0.1, 0.15) is 11.5 Å². The summed E-state index contributed by atoms with van der Waals surface area (Å²) in [5, 5.41) is 12.5. The highest BCUT2D eigenvalue weighted by Crippen LogP contribution is 2.24. The highest BCUT2D eigenvalue weighted by molar-refractivity contribution is 5.98. The van der Waals surface area contributed by atoms with Crippen molar-refractivity contribution in [3.8, 4) is 11.5 Å². The number of nitrogens with zero attached hydrogens (tertiary/aromatic N) is 1. The van der Waals surface area contributed by atoms with Crippen LogP contribution in [0.2, 0.25) is 0 Å². The van der Waals surface area contributed by atoms with E-state index in [9.17, 15) is 14.7 Å². The molecular formula is C14H20N2O4. The van der Waals surface area contributed by atoms with Crippen LogP contribution in [0.25, 0.3) is 0 Å². The molecule has 0 aliphatic rings. The van der Waals surface area contributed by atoms with Crippen LogP contribution in [0.15, 0.2) is 18.2 Å². The number of carbonyl (C=O) groups is 2. The van der Waals surface area contributed by atoms with Crippen molar-refractivity contribution < 1.29 is 19.4 Å². The van der Waals surface area contributed by atoms with Crippen molar-refractivity contribution in [2.45, 2.75) is 19.9 Å². The van der Waals surface area contributed by atoms with E-state index in [-0.39, 0.29) is 29.8 Å². The van der Waals surface area contributed by atoms with Gasteiger partial charge in [0.05, 0.1) is 19.2 Å². The van der Waals surface area contributed by atoms with Crippen LogP contribution in [0.4, 0.5) is 0 Å². The van der Waals surface area contributed by atoms with E-state index in [1.165, 1.54) is 31.2 Å². The van der Waals surface area contributed by atoms with Crippen LogP contribution in [0.1, 0.15) is 24.2 Å². The van der Waals surface area contributed by atoms with E-state index in [4.69, 9.17) is 4.74 Å². The van der Waals surface area contributed by atoms with Gasteiger partial charge in [0.25, 0.3) is 5.91 Å². The molecule has 1 aromatic carbocycles. The maximum absolute atomic E-state index is 12.1. The molecule has 0 aromatic heterocycles. The normalized spacial score (nSPS) is 10.2. The summed E-state index contributed by atoms with van der Waals surface area (Å²) in [6.07, 6.45) is 0. The topological polar surface area (TPSA) is 78.9 Å². The molecule has 0 radical (unpaired) electrons. The van der Waals surface area contributed by atoms with Gasteiger partial charge in [0, 0.05) is 19.2 Å². The number of phenolic OH excluding ortho intramolecular Hbond substituents is 1. The summed E-state index contributed by atoms with van der Waals surface area (Å²) in [6, 6.07) is 4.41. The molecule has 0 saturated heterocycles. The van der Waals surface area contributed by atoms with Crippen LogP contribution in [-0.2, 0) is 4.79 Å². The molecule has 0 aliphatic carbocycles. The number of likely N-dealkylation sites (N-methyl/N-ethyl adjacent to an activating group) is 1. The Morgan fingerprint density at radius 3 is 2.55 bits per heavy atom. The number of amides is 2. The maximum atomic E-state index is 12.1. The molecule has 0 fully saturated rings. The number of ether oxygens (including phenoxy) is 1. The Balaban J connectivity index is 2.76. The van der Waals surface area contributed by atoms with Gasteiger partial charge in [-0.05, 0) is 26.0 Å². The Kier molecular flexibility index (Phi) is 5.37.